The van der Waals surface area contributed by atoms with Gasteiger partial charge in [0.15, 0.2) is 0 Å². The van der Waals surface area contributed by atoms with Crippen molar-refractivity contribution in [3.8, 4) is 0 Å². The number of aromatic nitrogens is 4. The molecule has 1 aromatic carbocycles. The molecule has 8 heteroatoms. The average Bonchev–Trinajstić information content (AvgIpc) is 3.05. The third kappa shape index (κ3) is 3.75. The summed E-state index contributed by atoms with van der Waals surface area (Å²) in [5, 5.41) is 2.91. The predicted octanol–water partition coefficient (Wildman–Crippen LogP) is 1.17. The number of anilines is 1. The Balaban J connectivity index is 1.34. The molecule has 1 aliphatic rings. The number of amides is 1. The molecule has 0 aliphatic carbocycles. The van der Waals surface area contributed by atoms with Gasteiger partial charge in [-0.15, -0.1) is 0 Å². The van der Waals surface area contributed by atoms with Crippen LogP contribution in [0.15, 0.2) is 36.7 Å². The fourth-order valence-corrected chi connectivity index (χ4v) is 3.17. The number of rotatable bonds is 5. The second-order valence-corrected chi connectivity index (χ2v) is 6.45. The van der Waals surface area contributed by atoms with Crippen molar-refractivity contribution in [2.24, 2.45) is 7.05 Å². The zero-order valence-corrected chi connectivity index (χ0v) is 15.3. The van der Waals surface area contributed by atoms with Gasteiger partial charge in [-0.05, 0) is 12.1 Å². The van der Waals surface area contributed by atoms with Crippen LogP contribution >= 0.6 is 0 Å². The standard InChI is InChI=1S/C19H22N6O2/c1-24-16-5-3-2-4-15(16)23-17(24)6-7-20-18(26)14-12-21-19(22-13-14)25-8-10-27-11-9-25/h2-5,12-13H,6-11H2,1H3,(H,20,26). The molecule has 1 saturated heterocycles. The summed E-state index contributed by atoms with van der Waals surface area (Å²) >= 11 is 0. The van der Waals surface area contributed by atoms with E-state index in [-0.39, 0.29) is 5.91 Å². The van der Waals surface area contributed by atoms with E-state index in [4.69, 9.17) is 4.74 Å². The van der Waals surface area contributed by atoms with Crippen LogP contribution < -0.4 is 10.2 Å². The summed E-state index contributed by atoms with van der Waals surface area (Å²) in [6.45, 7) is 3.38. The Hall–Kier alpha value is -3.00. The number of imidazole rings is 1. The van der Waals surface area contributed by atoms with Crippen LogP contribution in [0, 0.1) is 0 Å². The van der Waals surface area contributed by atoms with Crippen LogP contribution in [0.3, 0.4) is 0 Å². The van der Waals surface area contributed by atoms with Crippen LogP contribution in [-0.2, 0) is 18.2 Å². The highest BCUT2D eigenvalue weighted by Gasteiger charge is 2.15. The van der Waals surface area contributed by atoms with Crippen molar-refractivity contribution >= 4 is 22.9 Å². The summed E-state index contributed by atoms with van der Waals surface area (Å²) in [5.41, 5.74) is 2.51. The second kappa shape index (κ2) is 7.71. The van der Waals surface area contributed by atoms with E-state index in [1.807, 2.05) is 31.3 Å². The Morgan fingerprint density at radius 3 is 2.67 bits per heavy atom. The Bertz CT molecular complexity index is 931. The molecule has 3 heterocycles. The van der Waals surface area contributed by atoms with E-state index in [2.05, 4.69) is 29.7 Å². The maximum absolute atomic E-state index is 12.3. The van der Waals surface area contributed by atoms with Gasteiger partial charge in [0, 0.05) is 45.5 Å². The topological polar surface area (TPSA) is 85.2 Å². The zero-order valence-electron chi connectivity index (χ0n) is 15.3. The summed E-state index contributed by atoms with van der Waals surface area (Å²) in [4.78, 5) is 27.6. The highest BCUT2D eigenvalue weighted by Crippen LogP contribution is 2.14. The number of carbonyl (C=O) groups is 1. The molecule has 0 saturated carbocycles. The molecule has 27 heavy (non-hydrogen) atoms. The SMILES string of the molecule is Cn1c(CCNC(=O)c2cnc(N3CCOCC3)nc2)nc2ccccc21. The molecule has 1 amide bonds. The van der Waals surface area contributed by atoms with E-state index in [0.717, 1.165) is 29.9 Å². The molecular weight excluding hydrogens is 344 g/mol. The van der Waals surface area contributed by atoms with Gasteiger partial charge in [-0.3, -0.25) is 4.79 Å². The molecule has 3 aromatic rings. The molecule has 4 rings (SSSR count). The Morgan fingerprint density at radius 1 is 1.19 bits per heavy atom. The monoisotopic (exact) mass is 366 g/mol. The Morgan fingerprint density at radius 2 is 1.93 bits per heavy atom. The van der Waals surface area contributed by atoms with Gasteiger partial charge in [0.25, 0.3) is 5.91 Å². The number of nitrogens with zero attached hydrogens (tertiary/aromatic N) is 5. The quantitative estimate of drug-likeness (QED) is 0.730. The molecule has 0 atom stereocenters. The first kappa shape index (κ1) is 17.4. The molecule has 2 aromatic heterocycles. The summed E-state index contributed by atoms with van der Waals surface area (Å²) < 4.78 is 7.38. The Labute approximate surface area is 157 Å². The number of fused-ring (bicyclic) bond motifs is 1. The number of morpholine rings is 1. The molecule has 0 unspecified atom stereocenters. The highest BCUT2D eigenvalue weighted by atomic mass is 16.5. The number of hydrogen-bond acceptors (Lipinski definition) is 6. The van der Waals surface area contributed by atoms with Crippen molar-refractivity contribution < 1.29 is 9.53 Å². The molecule has 8 nitrogen and oxygen atoms in total. The molecule has 1 N–H and O–H groups in total. The van der Waals surface area contributed by atoms with Crippen molar-refractivity contribution in [2.75, 3.05) is 37.7 Å². The van der Waals surface area contributed by atoms with Gasteiger partial charge in [0.2, 0.25) is 5.95 Å². The van der Waals surface area contributed by atoms with Crippen LogP contribution in [0.1, 0.15) is 16.2 Å². The third-order valence-corrected chi connectivity index (χ3v) is 4.71. The predicted molar refractivity (Wildman–Crippen MR) is 102 cm³/mol. The maximum Gasteiger partial charge on any atom is 0.254 e. The first-order valence-electron chi connectivity index (χ1n) is 9.05. The molecule has 1 fully saturated rings. The van der Waals surface area contributed by atoms with E-state index in [1.54, 1.807) is 12.4 Å². The summed E-state index contributed by atoms with van der Waals surface area (Å²) in [6, 6.07) is 8.00. The van der Waals surface area contributed by atoms with E-state index >= 15 is 0 Å². The highest BCUT2D eigenvalue weighted by molar-refractivity contribution is 5.93. The second-order valence-electron chi connectivity index (χ2n) is 6.45. The van der Waals surface area contributed by atoms with Gasteiger partial charge in [0.1, 0.15) is 5.82 Å². The van der Waals surface area contributed by atoms with Gasteiger partial charge in [-0.2, -0.15) is 0 Å². The smallest absolute Gasteiger partial charge is 0.254 e. The van der Waals surface area contributed by atoms with Crippen LogP contribution in [0.5, 0.6) is 0 Å². The lowest BCUT2D eigenvalue weighted by atomic mass is 10.3. The minimum absolute atomic E-state index is 0.178. The van der Waals surface area contributed by atoms with Crippen molar-refractivity contribution in [1.29, 1.82) is 0 Å². The summed E-state index contributed by atoms with van der Waals surface area (Å²) in [5.74, 6) is 1.40. The van der Waals surface area contributed by atoms with Crippen LogP contribution in [-0.4, -0.2) is 58.3 Å². The molecule has 0 radical (unpaired) electrons. The number of carbonyl (C=O) groups excluding carboxylic acids is 1. The maximum atomic E-state index is 12.3. The van der Waals surface area contributed by atoms with E-state index < -0.39 is 0 Å². The lowest BCUT2D eigenvalue weighted by Crippen LogP contribution is -2.37. The summed E-state index contributed by atoms with van der Waals surface area (Å²) in [7, 11) is 1.99. The van der Waals surface area contributed by atoms with Crippen LogP contribution in [0.25, 0.3) is 11.0 Å². The number of hydrogen-bond donors (Lipinski definition) is 1. The normalized spacial score (nSPS) is 14.5. The largest absolute Gasteiger partial charge is 0.378 e. The van der Waals surface area contributed by atoms with Crippen molar-refractivity contribution in [3.63, 3.8) is 0 Å². The minimum atomic E-state index is -0.178. The number of nitrogens with one attached hydrogen (secondary N) is 1. The van der Waals surface area contributed by atoms with Crippen molar-refractivity contribution in [2.45, 2.75) is 6.42 Å². The lowest BCUT2D eigenvalue weighted by molar-refractivity contribution is 0.0953. The molecular formula is C19H22N6O2. The zero-order chi connectivity index (χ0) is 18.6. The number of ether oxygens (including phenoxy) is 1. The van der Waals surface area contributed by atoms with Crippen molar-refractivity contribution in [3.05, 3.63) is 48.0 Å². The minimum Gasteiger partial charge on any atom is -0.378 e. The Kier molecular flexibility index (Phi) is 4.97. The van der Waals surface area contributed by atoms with Crippen LogP contribution in [0.2, 0.25) is 0 Å². The number of para-hydroxylation sites is 2. The number of aryl methyl sites for hydroxylation is 1. The fourth-order valence-electron chi connectivity index (χ4n) is 3.17. The van der Waals surface area contributed by atoms with Gasteiger partial charge in [-0.25, -0.2) is 15.0 Å². The number of benzene rings is 1. The average molecular weight is 366 g/mol. The molecule has 0 bridgehead atoms. The van der Waals surface area contributed by atoms with Gasteiger partial charge in [-0.1, -0.05) is 12.1 Å². The molecule has 0 spiro atoms. The van der Waals surface area contributed by atoms with E-state index in [9.17, 15) is 4.79 Å². The van der Waals surface area contributed by atoms with Gasteiger partial charge >= 0.3 is 0 Å². The summed E-state index contributed by atoms with van der Waals surface area (Å²) in [6.07, 6.45) is 3.80. The van der Waals surface area contributed by atoms with Crippen LogP contribution in [0.4, 0.5) is 5.95 Å². The van der Waals surface area contributed by atoms with E-state index in [0.29, 0.717) is 37.7 Å². The van der Waals surface area contributed by atoms with Crippen molar-refractivity contribution in [1.82, 2.24) is 24.8 Å². The third-order valence-electron chi connectivity index (χ3n) is 4.71. The first-order valence-corrected chi connectivity index (χ1v) is 9.05. The van der Waals surface area contributed by atoms with Gasteiger partial charge < -0.3 is 19.5 Å². The lowest BCUT2D eigenvalue weighted by Gasteiger charge is -2.26. The fraction of sp³-hybridized carbons (Fsp3) is 0.368. The first-order chi connectivity index (χ1) is 13.2. The van der Waals surface area contributed by atoms with E-state index in [1.165, 1.54) is 0 Å². The molecule has 1 aliphatic heterocycles. The van der Waals surface area contributed by atoms with Gasteiger partial charge in [0.05, 0.1) is 29.8 Å². The molecule has 140 valence electrons.